The van der Waals surface area contributed by atoms with E-state index in [9.17, 15) is 10.1 Å². The van der Waals surface area contributed by atoms with Crippen LogP contribution in [0, 0.1) is 17.2 Å². The Kier molecular flexibility index (Phi) is 4.53. The van der Waals surface area contributed by atoms with Crippen molar-refractivity contribution in [2.45, 2.75) is 32.4 Å². The minimum Gasteiger partial charge on any atom is -0.376 e. The summed E-state index contributed by atoms with van der Waals surface area (Å²) in [5.74, 6) is 0.953. The summed E-state index contributed by atoms with van der Waals surface area (Å²) in [6.45, 7) is 4.15. The number of thiophene rings is 1. The molecule has 144 valence electrons. The van der Waals surface area contributed by atoms with E-state index in [-0.39, 0.29) is 11.8 Å². The largest absolute Gasteiger partial charge is 0.376 e. The van der Waals surface area contributed by atoms with Crippen molar-refractivity contribution in [2.24, 2.45) is 5.92 Å². The molecule has 0 aromatic carbocycles. The zero-order valence-electron chi connectivity index (χ0n) is 15.7. The van der Waals surface area contributed by atoms with Crippen LogP contribution < -0.4 is 4.90 Å². The Balaban J connectivity index is 1.32. The van der Waals surface area contributed by atoms with Crippen LogP contribution in [0.2, 0.25) is 0 Å². The molecule has 0 bridgehead atoms. The Morgan fingerprint density at radius 1 is 1.32 bits per heavy atom. The number of aromatic nitrogens is 1. The minimum atomic E-state index is -0.0205. The molecule has 3 aliphatic rings. The molecule has 7 heteroatoms. The molecule has 0 radical (unpaired) electrons. The average Bonchev–Trinajstić information content (AvgIpc) is 3.41. The van der Waals surface area contributed by atoms with Crippen LogP contribution in [0.3, 0.4) is 0 Å². The number of amides is 1. The molecule has 1 atom stereocenters. The number of fused-ring (bicyclic) bond motifs is 2. The summed E-state index contributed by atoms with van der Waals surface area (Å²) in [6.07, 6.45) is 2.56. The number of hydrogen-bond donors (Lipinski definition) is 0. The van der Waals surface area contributed by atoms with Crippen LogP contribution in [0.25, 0.3) is 0 Å². The fourth-order valence-corrected chi connectivity index (χ4v) is 5.34. The summed E-state index contributed by atoms with van der Waals surface area (Å²) in [5.41, 5.74) is 3.91. The summed E-state index contributed by atoms with van der Waals surface area (Å²) in [7, 11) is 0. The molecule has 6 nitrogen and oxygen atoms in total. The Hall–Kier alpha value is -2.43. The molecule has 1 saturated heterocycles. The third-order valence-electron chi connectivity index (χ3n) is 5.99. The first kappa shape index (κ1) is 17.7. The predicted octanol–water partition coefficient (Wildman–Crippen LogP) is 2.50. The van der Waals surface area contributed by atoms with Gasteiger partial charge in [0.2, 0.25) is 5.91 Å². The van der Waals surface area contributed by atoms with Crippen molar-refractivity contribution in [1.82, 2.24) is 9.88 Å². The number of hydrogen-bond acceptors (Lipinski definition) is 6. The molecule has 3 aliphatic heterocycles. The van der Waals surface area contributed by atoms with Crippen molar-refractivity contribution in [3.63, 3.8) is 0 Å². The van der Waals surface area contributed by atoms with Gasteiger partial charge in [0.25, 0.3) is 0 Å². The van der Waals surface area contributed by atoms with Crippen molar-refractivity contribution in [3.05, 3.63) is 44.8 Å². The van der Waals surface area contributed by atoms with Crippen LogP contribution in [0.4, 0.5) is 5.82 Å². The maximum Gasteiger partial charge on any atom is 0.227 e. The zero-order valence-corrected chi connectivity index (χ0v) is 16.5. The highest BCUT2D eigenvalue weighted by Crippen LogP contribution is 2.31. The summed E-state index contributed by atoms with van der Waals surface area (Å²) in [5, 5.41) is 11.7. The summed E-state index contributed by atoms with van der Waals surface area (Å²) in [4.78, 5) is 23.4. The van der Waals surface area contributed by atoms with Crippen LogP contribution in [-0.4, -0.2) is 42.0 Å². The lowest BCUT2D eigenvalue weighted by molar-refractivity contribution is -0.135. The van der Waals surface area contributed by atoms with E-state index < -0.39 is 0 Å². The van der Waals surface area contributed by atoms with E-state index in [4.69, 9.17) is 9.72 Å². The van der Waals surface area contributed by atoms with Gasteiger partial charge in [-0.25, -0.2) is 4.98 Å². The highest BCUT2D eigenvalue weighted by Gasteiger charge is 2.34. The predicted molar refractivity (Wildman–Crippen MR) is 106 cm³/mol. The van der Waals surface area contributed by atoms with Crippen molar-refractivity contribution in [2.75, 3.05) is 31.1 Å². The van der Waals surface area contributed by atoms with Crippen LogP contribution in [-0.2, 0) is 35.5 Å². The molecule has 1 amide bonds. The SMILES string of the molecule is N#Cc1cc2c(nc1N1CCC(C(=O)N3CCc4sccc4C3)C1)CCOC2. The van der Waals surface area contributed by atoms with E-state index in [0.717, 1.165) is 56.0 Å². The van der Waals surface area contributed by atoms with Crippen molar-refractivity contribution < 1.29 is 9.53 Å². The van der Waals surface area contributed by atoms with Gasteiger partial charge < -0.3 is 14.5 Å². The first-order chi connectivity index (χ1) is 13.7. The van der Waals surface area contributed by atoms with E-state index in [2.05, 4.69) is 22.4 Å². The Bertz CT molecular complexity index is 964. The third kappa shape index (κ3) is 3.07. The second-order valence-electron chi connectivity index (χ2n) is 7.69. The number of rotatable bonds is 2. The highest BCUT2D eigenvalue weighted by atomic mass is 32.1. The maximum atomic E-state index is 13.1. The maximum absolute atomic E-state index is 13.1. The van der Waals surface area contributed by atoms with Crippen LogP contribution in [0.1, 0.15) is 33.7 Å². The van der Waals surface area contributed by atoms with Crippen molar-refractivity contribution in [1.29, 1.82) is 5.26 Å². The fraction of sp³-hybridized carbons (Fsp3) is 0.476. The molecule has 1 fully saturated rings. The number of carbonyl (C=O) groups is 1. The second kappa shape index (κ2) is 7.19. The Morgan fingerprint density at radius 2 is 2.25 bits per heavy atom. The van der Waals surface area contributed by atoms with Gasteiger partial charge in [-0.05, 0) is 35.9 Å². The quantitative estimate of drug-likeness (QED) is 0.783. The van der Waals surface area contributed by atoms with E-state index >= 15 is 0 Å². The zero-order chi connectivity index (χ0) is 19.1. The lowest BCUT2D eigenvalue weighted by Gasteiger charge is -2.29. The van der Waals surface area contributed by atoms with Gasteiger partial charge in [0, 0.05) is 43.0 Å². The summed E-state index contributed by atoms with van der Waals surface area (Å²) in [6, 6.07) is 6.33. The number of carbonyl (C=O) groups excluding carboxylic acids is 1. The monoisotopic (exact) mass is 394 g/mol. The van der Waals surface area contributed by atoms with Gasteiger partial charge in [-0.2, -0.15) is 5.26 Å². The number of nitriles is 1. The lowest BCUT2D eigenvalue weighted by Crippen LogP contribution is -2.40. The molecule has 1 unspecified atom stereocenters. The molecule has 2 aromatic rings. The number of nitrogens with zero attached hydrogens (tertiary/aromatic N) is 4. The topological polar surface area (TPSA) is 69.5 Å². The van der Waals surface area contributed by atoms with Gasteiger partial charge in [-0.1, -0.05) is 0 Å². The highest BCUT2D eigenvalue weighted by molar-refractivity contribution is 7.10. The molecule has 0 saturated carbocycles. The first-order valence-corrected chi connectivity index (χ1v) is 10.7. The molecule has 5 heterocycles. The summed E-state index contributed by atoms with van der Waals surface area (Å²) >= 11 is 1.79. The van der Waals surface area contributed by atoms with Crippen molar-refractivity contribution >= 4 is 23.1 Å². The van der Waals surface area contributed by atoms with E-state index in [1.165, 1.54) is 10.4 Å². The van der Waals surface area contributed by atoms with Gasteiger partial charge >= 0.3 is 0 Å². The lowest BCUT2D eigenvalue weighted by atomic mass is 10.0. The normalized spacial score (nSPS) is 21.2. The smallest absolute Gasteiger partial charge is 0.227 e. The van der Waals surface area contributed by atoms with E-state index in [1.807, 2.05) is 11.0 Å². The number of ether oxygens (including phenoxy) is 1. The van der Waals surface area contributed by atoms with Gasteiger partial charge in [0.15, 0.2) is 0 Å². The molecule has 2 aromatic heterocycles. The average molecular weight is 395 g/mol. The van der Waals surface area contributed by atoms with Crippen LogP contribution >= 0.6 is 11.3 Å². The molecular weight excluding hydrogens is 372 g/mol. The molecular formula is C21H22N4O2S. The number of pyridine rings is 1. The third-order valence-corrected chi connectivity index (χ3v) is 7.01. The number of anilines is 1. The van der Waals surface area contributed by atoms with Gasteiger partial charge in [0.1, 0.15) is 11.9 Å². The van der Waals surface area contributed by atoms with Crippen LogP contribution in [0.5, 0.6) is 0 Å². The minimum absolute atomic E-state index is 0.0205. The standard InChI is InChI=1S/C21H22N4O2S/c22-10-16-9-17-13-27-7-3-18(17)23-20(16)24-5-1-15(12-24)21(26)25-6-2-19-14(11-25)4-8-28-19/h4,8-9,15H,1-3,5-7,11-13H2. The molecule has 0 N–H and O–H groups in total. The Labute approximate surface area is 168 Å². The first-order valence-electron chi connectivity index (χ1n) is 9.82. The van der Waals surface area contributed by atoms with Gasteiger partial charge in [-0.3, -0.25) is 4.79 Å². The molecule has 28 heavy (non-hydrogen) atoms. The molecule has 0 spiro atoms. The van der Waals surface area contributed by atoms with Gasteiger partial charge in [0.05, 0.1) is 30.4 Å². The fourth-order valence-electron chi connectivity index (χ4n) is 4.45. The summed E-state index contributed by atoms with van der Waals surface area (Å²) < 4.78 is 5.48. The molecule has 5 rings (SSSR count). The van der Waals surface area contributed by atoms with Gasteiger partial charge in [-0.15, -0.1) is 11.3 Å². The Morgan fingerprint density at radius 3 is 3.14 bits per heavy atom. The van der Waals surface area contributed by atoms with Crippen LogP contribution in [0.15, 0.2) is 17.5 Å². The second-order valence-corrected chi connectivity index (χ2v) is 8.69. The van der Waals surface area contributed by atoms with E-state index in [1.54, 1.807) is 11.3 Å². The van der Waals surface area contributed by atoms with Crippen molar-refractivity contribution in [3.8, 4) is 6.07 Å². The molecule has 0 aliphatic carbocycles. The van der Waals surface area contributed by atoms with E-state index in [0.29, 0.717) is 25.3 Å².